The van der Waals surface area contributed by atoms with Gasteiger partial charge in [-0.2, -0.15) is 0 Å². The monoisotopic (exact) mass is 332 g/mol. The van der Waals surface area contributed by atoms with Crippen LogP contribution in [0.5, 0.6) is 0 Å². The van der Waals surface area contributed by atoms with Crippen LogP contribution in [0, 0.1) is 0 Å². The fourth-order valence-corrected chi connectivity index (χ4v) is 2.45. The fourth-order valence-electron chi connectivity index (χ4n) is 2.45. The standard InChI is InChI=1S/C14H16N6O4/c1-23-5-11-17-9-3-8-10(4-7(9)13(21)19(11)15)18-12(6-24-2)20(16)14(8)22/h3-4H,5-6,15-16H2,1-2H3. The van der Waals surface area contributed by atoms with Gasteiger partial charge in [-0.1, -0.05) is 0 Å². The van der Waals surface area contributed by atoms with E-state index in [1.807, 2.05) is 0 Å². The minimum absolute atomic E-state index is 0.0614. The Kier molecular flexibility index (Phi) is 3.91. The van der Waals surface area contributed by atoms with E-state index in [4.69, 9.17) is 21.2 Å². The molecule has 2 aromatic heterocycles. The average molecular weight is 332 g/mol. The van der Waals surface area contributed by atoms with Gasteiger partial charge in [-0.05, 0) is 12.1 Å². The van der Waals surface area contributed by atoms with Gasteiger partial charge in [0, 0.05) is 14.2 Å². The highest BCUT2D eigenvalue weighted by Gasteiger charge is 2.14. The molecule has 10 heteroatoms. The number of hydrogen-bond donors (Lipinski definition) is 2. The first-order valence-corrected chi connectivity index (χ1v) is 6.97. The topological polar surface area (TPSA) is 140 Å². The van der Waals surface area contributed by atoms with Crippen molar-refractivity contribution in [3.05, 3.63) is 44.5 Å². The lowest BCUT2D eigenvalue weighted by molar-refractivity contribution is 0.175. The van der Waals surface area contributed by atoms with Gasteiger partial charge in [-0.15, -0.1) is 0 Å². The lowest BCUT2D eigenvalue weighted by Gasteiger charge is -2.10. The molecule has 126 valence electrons. The molecule has 0 aliphatic carbocycles. The summed E-state index contributed by atoms with van der Waals surface area (Å²) in [4.78, 5) is 33.4. The summed E-state index contributed by atoms with van der Waals surface area (Å²) in [6, 6.07) is 2.95. The summed E-state index contributed by atoms with van der Waals surface area (Å²) >= 11 is 0. The van der Waals surface area contributed by atoms with Gasteiger partial charge in [0.1, 0.15) is 13.2 Å². The lowest BCUT2D eigenvalue weighted by Crippen LogP contribution is -2.33. The van der Waals surface area contributed by atoms with Gasteiger partial charge in [-0.3, -0.25) is 9.59 Å². The van der Waals surface area contributed by atoms with E-state index in [1.165, 1.54) is 26.4 Å². The molecule has 0 bridgehead atoms. The minimum atomic E-state index is -0.457. The number of fused-ring (bicyclic) bond motifs is 2. The number of methoxy groups -OCH3 is 2. The van der Waals surface area contributed by atoms with E-state index in [1.54, 1.807) is 0 Å². The van der Waals surface area contributed by atoms with Crippen molar-refractivity contribution in [2.24, 2.45) is 0 Å². The van der Waals surface area contributed by atoms with E-state index in [2.05, 4.69) is 9.97 Å². The van der Waals surface area contributed by atoms with Crippen LogP contribution in [0.2, 0.25) is 0 Å². The van der Waals surface area contributed by atoms with Crippen molar-refractivity contribution in [2.45, 2.75) is 13.2 Å². The Morgan fingerprint density at radius 1 is 0.875 bits per heavy atom. The van der Waals surface area contributed by atoms with E-state index in [0.29, 0.717) is 11.0 Å². The van der Waals surface area contributed by atoms with Gasteiger partial charge in [0.2, 0.25) is 0 Å². The zero-order valence-electron chi connectivity index (χ0n) is 13.1. The fraction of sp³-hybridized carbons (Fsp3) is 0.286. The van der Waals surface area contributed by atoms with Gasteiger partial charge < -0.3 is 21.2 Å². The van der Waals surface area contributed by atoms with Crippen molar-refractivity contribution in [3.63, 3.8) is 0 Å². The second kappa shape index (κ2) is 5.91. The minimum Gasteiger partial charge on any atom is -0.377 e. The quantitative estimate of drug-likeness (QED) is 0.450. The number of hydrogen-bond acceptors (Lipinski definition) is 8. The van der Waals surface area contributed by atoms with Crippen molar-refractivity contribution in [2.75, 3.05) is 25.9 Å². The SMILES string of the molecule is COCc1nc2cc3c(=O)n(N)c(COC)nc3cc2c(=O)n1N. The molecule has 0 spiro atoms. The first-order valence-electron chi connectivity index (χ1n) is 6.97. The number of ether oxygens (including phenoxy) is 2. The lowest BCUT2D eigenvalue weighted by atomic mass is 10.1. The molecule has 0 saturated carbocycles. The third-order valence-electron chi connectivity index (χ3n) is 3.61. The molecule has 1 aromatic carbocycles. The smallest absolute Gasteiger partial charge is 0.279 e. The van der Waals surface area contributed by atoms with Crippen molar-refractivity contribution < 1.29 is 9.47 Å². The molecular weight excluding hydrogens is 316 g/mol. The highest BCUT2D eigenvalue weighted by Crippen LogP contribution is 2.16. The third-order valence-corrected chi connectivity index (χ3v) is 3.61. The summed E-state index contributed by atoms with van der Waals surface area (Å²) in [5.74, 6) is 12.0. The highest BCUT2D eigenvalue weighted by molar-refractivity contribution is 5.93. The zero-order chi connectivity index (χ0) is 17.4. The van der Waals surface area contributed by atoms with E-state index in [9.17, 15) is 9.59 Å². The largest absolute Gasteiger partial charge is 0.377 e. The van der Waals surface area contributed by atoms with Crippen LogP contribution in [0.15, 0.2) is 21.7 Å². The number of benzene rings is 1. The Bertz CT molecular complexity index is 970. The van der Waals surface area contributed by atoms with E-state index in [0.717, 1.165) is 9.35 Å². The summed E-state index contributed by atoms with van der Waals surface area (Å²) in [6.45, 7) is 0.123. The molecule has 10 nitrogen and oxygen atoms in total. The van der Waals surface area contributed by atoms with Crippen molar-refractivity contribution >= 4 is 21.8 Å². The molecule has 24 heavy (non-hydrogen) atoms. The summed E-state index contributed by atoms with van der Waals surface area (Å²) < 4.78 is 11.8. The normalized spacial score (nSPS) is 11.4. The highest BCUT2D eigenvalue weighted by atomic mass is 16.5. The maximum atomic E-state index is 12.4. The van der Waals surface area contributed by atoms with Crippen LogP contribution < -0.4 is 22.8 Å². The molecule has 0 amide bonds. The molecule has 0 atom stereocenters. The zero-order valence-corrected chi connectivity index (χ0v) is 13.1. The molecule has 0 unspecified atom stereocenters. The van der Waals surface area contributed by atoms with Crippen LogP contribution in [-0.2, 0) is 22.7 Å². The van der Waals surface area contributed by atoms with Crippen molar-refractivity contribution in [1.82, 2.24) is 19.3 Å². The Labute approximate surface area is 135 Å². The average Bonchev–Trinajstić information content (AvgIpc) is 2.57. The second-order valence-corrected chi connectivity index (χ2v) is 5.16. The Balaban J connectivity index is 2.40. The summed E-state index contributed by atoms with van der Waals surface area (Å²) in [6.07, 6.45) is 0. The van der Waals surface area contributed by atoms with Crippen LogP contribution in [0.3, 0.4) is 0 Å². The summed E-state index contributed by atoms with van der Waals surface area (Å²) in [7, 11) is 2.93. The van der Waals surface area contributed by atoms with Crippen molar-refractivity contribution in [3.8, 4) is 0 Å². The second-order valence-electron chi connectivity index (χ2n) is 5.16. The van der Waals surface area contributed by atoms with Gasteiger partial charge in [0.25, 0.3) is 11.1 Å². The van der Waals surface area contributed by atoms with E-state index >= 15 is 0 Å². The third kappa shape index (κ3) is 2.37. The molecule has 0 aliphatic heterocycles. The Hall–Kier alpha value is -2.98. The first-order chi connectivity index (χ1) is 11.5. The molecule has 2 heterocycles. The first kappa shape index (κ1) is 15.9. The Morgan fingerprint density at radius 2 is 1.25 bits per heavy atom. The molecule has 3 rings (SSSR count). The molecule has 0 aliphatic rings. The molecule has 0 radical (unpaired) electrons. The Morgan fingerprint density at radius 3 is 1.58 bits per heavy atom. The summed E-state index contributed by atoms with van der Waals surface area (Å²) in [5, 5.41) is 0.491. The van der Waals surface area contributed by atoms with Crippen molar-refractivity contribution in [1.29, 1.82) is 0 Å². The molecule has 0 fully saturated rings. The van der Waals surface area contributed by atoms with Gasteiger partial charge in [0.05, 0.1) is 21.8 Å². The maximum Gasteiger partial charge on any atom is 0.279 e. The van der Waals surface area contributed by atoms with Crippen LogP contribution in [0.1, 0.15) is 11.6 Å². The number of nitrogen functional groups attached to an aromatic ring is 2. The number of aromatic nitrogens is 4. The number of nitrogens with zero attached hydrogens (tertiary/aromatic N) is 4. The number of rotatable bonds is 4. The van der Waals surface area contributed by atoms with Gasteiger partial charge >= 0.3 is 0 Å². The molecular formula is C14H16N6O4. The molecule has 0 saturated heterocycles. The van der Waals surface area contributed by atoms with Crippen LogP contribution >= 0.6 is 0 Å². The predicted molar refractivity (Wildman–Crippen MR) is 87.3 cm³/mol. The number of nitrogens with two attached hydrogens (primary N) is 2. The maximum absolute atomic E-state index is 12.4. The predicted octanol–water partition coefficient (Wildman–Crippen LogP) is -1.17. The molecule has 4 N–H and O–H groups in total. The van der Waals surface area contributed by atoms with Crippen LogP contribution in [-0.4, -0.2) is 33.5 Å². The van der Waals surface area contributed by atoms with Crippen LogP contribution in [0.25, 0.3) is 21.8 Å². The molecule has 3 aromatic rings. The van der Waals surface area contributed by atoms with E-state index < -0.39 is 11.1 Å². The van der Waals surface area contributed by atoms with E-state index in [-0.39, 0.29) is 35.6 Å². The van der Waals surface area contributed by atoms with Gasteiger partial charge in [-0.25, -0.2) is 19.3 Å². The van der Waals surface area contributed by atoms with Crippen LogP contribution in [0.4, 0.5) is 0 Å². The summed E-state index contributed by atoms with van der Waals surface area (Å²) in [5.41, 5.74) is -0.277. The van der Waals surface area contributed by atoms with Gasteiger partial charge in [0.15, 0.2) is 11.6 Å².